The van der Waals surface area contributed by atoms with Crippen LogP contribution in [0.15, 0.2) is 4.99 Å². The lowest BCUT2D eigenvalue weighted by Gasteiger charge is -2.20. The van der Waals surface area contributed by atoms with E-state index in [-0.39, 0.29) is 5.54 Å². The van der Waals surface area contributed by atoms with Crippen LogP contribution in [0, 0.1) is 0 Å². The van der Waals surface area contributed by atoms with Crippen molar-refractivity contribution in [1.29, 1.82) is 0 Å². The largest absolute Gasteiger partial charge is 0.370 e. The van der Waals surface area contributed by atoms with Crippen LogP contribution in [0.5, 0.6) is 0 Å². The number of nitrogens with two attached hydrogens (primary N) is 1. The van der Waals surface area contributed by atoms with Crippen molar-refractivity contribution in [3.63, 3.8) is 0 Å². The van der Waals surface area contributed by atoms with Crippen molar-refractivity contribution in [3.8, 4) is 0 Å². The van der Waals surface area contributed by atoms with Gasteiger partial charge >= 0.3 is 0 Å². The normalized spacial score (nSPS) is 12.7. The molecule has 0 aliphatic rings. The highest BCUT2D eigenvalue weighted by atomic mass is 15.1. The van der Waals surface area contributed by atoms with Gasteiger partial charge < -0.3 is 16.4 Å². The molecular formula is C15H34N4. The summed E-state index contributed by atoms with van der Waals surface area (Å²) in [4.78, 5) is 4.33. The Hall–Kier alpha value is -0.770. The lowest BCUT2D eigenvalue weighted by molar-refractivity contribution is 0.428. The van der Waals surface area contributed by atoms with Crippen LogP contribution >= 0.6 is 0 Å². The van der Waals surface area contributed by atoms with E-state index >= 15 is 0 Å². The first-order chi connectivity index (χ1) is 8.95. The number of rotatable bonds is 10. The van der Waals surface area contributed by atoms with Gasteiger partial charge in [-0.05, 0) is 27.2 Å². The standard InChI is InChI=1S/C15H34N4/c1-5-6-7-8-9-10-11-17-14(16)18-12-13-19-15(2,3)4/h19H,5-13H2,1-4H3,(H3,16,17,18). The van der Waals surface area contributed by atoms with E-state index in [0.717, 1.165) is 26.1 Å². The SMILES string of the molecule is CCCCCCCCN=C(N)NCCNC(C)(C)C. The lowest BCUT2D eigenvalue weighted by Crippen LogP contribution is -2.43. The zero-order chi connectivity index (χ0) is 14.6. The van der Waals surface area contributed by atoms with E-state index < -0.39 is 0 Å². The first-order valence-corrected chi connectivity index (χ1v) is 7.74. The monoisotopic (exact) mass is 270 g/mol. The van der Waals surface area contributed by atoms with Gasteiger partial charge in [-0.2, -0.15) is 0 Å². The van der Waals surface area contributed by atoms with Crippen molar-refractivity contribution in [2.75, 3.05) is 19.6 Å². The molecule has 0 bridgehead atoms. The zero-order valence-corrected chi connectivity index (χ0v) is 13.4. The van der Waals surface area contributed by atoms with Gasteiger partial charge in [-0.3, -0.25) is 4.99 Å². The van der Waals surface area contributed by atoms with Gasteiger partial charge in [0.1, 0.15) is 0 Å². The van der Waals surface area contributed by atoms with Crippen LogP contribution in [-0.4, -0.2) is 31.1 Å². The third kappa shape index (κ3) is 15.2. The third-order valence-corrected chi connectivity index (χ3v) is 2.88. The zero-order valence-electron chi connectivity index (χ0n) is 13.4. The molecule has 0 rings (SSSR count). The summed E-state index contributed by atoms with van der Waals surface area (Å²) in [6.45, 7) is 11.3. The lowest BCUT2D eigenvalue weighted by atomic mass is 10.1. The fourth-order valence-electron chi connectivity index (χ4n) is 1.78. The van der Waals surface area contributed by atoms with Crippen molar-refractivity contribution in [3.05, 3.63) is 0 Å². The number of guanidine groups is 1. The Kier molecular flexibility index (Phi) is 10.6. The summed E-state index contributed by atoms with van der Waals surface area (Å²) in [5.74, 6) is 0.573. The molecule has 4 heteroatoms. The average molecular weight is 270 g/mol. The van der Waals surface area contributed by atoms with Crippen molar-refractivity contribution in [2.45, 2.75) is 71.8 Å². The molecule has 4 nitrogen and oxygen atoms in total. The molecule has 0 aliphatic heterocycles. The van der Waals surface area contributed by atoms with Gasteiger partial charge in [0.25, 0.3) is 0 Å². The second-order valence-electron chi connectivity index (χ2n) is 6.14. The van der Waals surface area contributed by atoms with Gasteiger partial charge in [0.15, 0.2) is 5.96 Å². The smallest absolute Gasteiger partial charge is 0.188 e. The van der Waals surface area contributed by atoms with Crippen LogP contribution < -0.4 is 16.4 Å². The van der Waals surface area contributed by atoms with E-state index in [4.69, 9.17) is 5.73 Å². The fourth-order valence-corrected chi connectivity index (χ4v) is 1.78. The van der Waals surface area contributed by atoms with E-state index in [9.17, 15) is 0 Å². The molecule has 0 amide bonds. The molecule has 19 heavy (non-hydrogen) atoms. The quantitative estimate of drug-likeness (QED) is 0.325. The highest BCUT2D eigenvalue weighted by Crippen LogP contribution is 2.04. The van der Waals surface area contributed by atoms with Gasteiger partial charge in [-0.15, -0.1) is 0 Å². The van der Waals surface area contributed by atoms with Crippen molar-refractivity contribution in [1.82, 2.24) is 10.6 Å². The molecule has 0 saturated carbocycles. The maximum atomic E-state index is 5.80. The molecule has 4 N–H and O–H groups in total. The molecule has 0 aromatic carbocycles. The summed E-state index contributed by atoms with van der Waals surface area (Å²) < 4.78 is 0. The van der Waals surface area contributed by atoms with Crippen LogP contribution in [-0.2, 0) is 0 Å². The molecule has 0 unspecified atom stereocenters. The Morgan fingerprint density at radius 1 is 1.00 bits per heavy atom. The van der Waals surface area contributed by atoms with E-state index in [0.29, 0.717) is 5.96 Å². The number of aliphatic imine (C=N–C) groups is 1. The molecule has 0 aromatic heterocycles. The molecule has 0 fully saturated rings. The number of nitrogens with one attached hydrogen (secondary N) is 2. The van der Waals surface area contributed by atoms with Crippen molar-refractivity contribution < 1.29 is 0 Å². The molecule has 0 radical (unpaired) electrons. The van der Waals surface area contributed by atoms with Crippen LogP contribution in [0.1, 0.15) is 66.2 Å². The Balaban J connectivity index is 3.40. The average Bonchev–Trinajstić information content (AvgIpc) is 2.32. The van der Waals surface area contributed by atoms with Gasteiger partial charge in [-0.25, -0.2) is 0 Å². The second-order valence-corrected chi connectivity index (χ2v) is 6.14. The molecule has 114 valence electrons. The highest BCUT2D eigenvalue weighted by Gasteiger charge is 2.06. The third-order valence-electron chi connectivity index (χ3n) is 2.88. The maximum absolute atomic E-state index is 5.80. The molecule has 0 saturated heterocycles. The number of hydrogen-bond acceptors (Lipinski definition) is 2. The first kappa shape index (κ1) is 18.2. The van der Waals surface area contributed by atoms with E-state index in [2.05, 4.69) is 43.3 Å². The highest BCUT2D eigenvalue weighted by molar-refractivity contribution is 5.77. The van der Waals surface area contributed by atoms with Crippen LogP contribution in [0.4, 0.5) is 0 Å². The predicted molar refractivity (Wildman–Crippen MR) is 85.6 cm³/mol. The first-order valence-electron chi connectivity index (χ1n) is 7.74. The number of nitrogens with zero attached hydrogens (tertiary/aromatic N) is 1. The van der Waals surface area contributed by atoms with Crippen LogP contribution in [0.2, 0.25) is 0 Å². The van der Waals surface area contributed by atoms with Gasteiger partial charge in [0.05, 0.1) is 0 Å². The Morgan fingerprint density at radius 2 is 1.63 bits per heavy atom. The number of unbranched alkanes of at least 4 members (excludes halogenated alkanes) is 5. The summed E-state index contributed by atoms with van der Waals surface area (Å²) in [6, 6.07) is 0. The summed E-state index contributed by atoms with van der Waals surface area (Å²) >= 11 is 0. The van der Waals surface area contributed by atoms with Crippen molar-refractivity contribution >= 4 is 5.96 Å². The molecule has 0 atom stereocenters. The Bertz CT molecular complexity index is 231. The van der Waals surface area contributed by atoms with Gasteiger partial charge in [0, 0.05) is 25.2 Å². The minimum atomic E-state index is 0.159. The van der Waals surface area contributed by atoms with E-state index in [1.165, 1.54) is 32.1 Å². The minimum Gasteiger partial charge on any atom is -0.370 e. The number of hydrogen-bond donors (Lipinski definition) is 3. The summed E-state index contributed by atoms with van der Waals surface area (Å²) in [5.41, 5.74) is 5.96. The molecule has 0 aromatic rings. The Labute approximate surface area is 119 Å². The van der Waals surface area contributed by atoms with Gasteiger partial charge in [0.2, 0.25) is 0 Å². The minimum absolute atomic E-state index is 0.159. The summed E-state index contributed by atoms with van der Waals surface area (Å²) in [6.07, 6.45) is 7.75. The van der Waals surface area contributed by atoms with E-state index in [1.807, 2.05) is 0 Å². The second kappa shape index (κ2) is 11.1. The predicted octanol–water partition coefficient (Wildman–Crippen LogP) is 2.64. The van der Waals surface area contributed by atoms with Crippen molar-refractivity contribution in [2.24, 2.45) is 10.7 Å². The van der Waals surface area contributed by atoms with E-state index in [1.54, 1.807) is 0 Å². The van der Waals surface area contributed by atoms with Gasteiger partial charge in [-0.1, -0.05) is 39.0 Å². The van der Waals surface area contributed by atoms with Crippen LogP contribution in [0.25, 0.3) is 0 Å². The molecule has 0 heterocycles. The molecule has 0 aliphatic carbocycles. The molecule has 0 spiro atoms. The fraction of sp³-hybridized carbons (Fsp3) is 0.933. The maximum Gasteiger partial charge on any atom is 0.188 e. The topological polar surface area (TPSA) is 62.4 Å². The Morgan fingerprint density at radius 3 is 2.26 bits per heavy atom. The summed E-state index contributed by atoms with van der Waals surface area (Å²) in [7, 11) is 0. The van der Waals surface area contributed by atoms with Crippen LogP contribution in [0.3, 0.4) is 0 Å². The summed E-state index contributed by atoms with van der Waals surface area (Å²) in [5, 5.41) is 6.53. The molecular weight excluding hydrogens is 236 g/mol.